The molecule has 0 amide bonds. The van der Waals surface area contributed by atoms with Crippen molar-refractivity contribution in [2.75, 3.05) is 0 Å². The van der Waals surface area contributed by atoms with Crippen molar-refractivity contribution in [3.8, 4) is 5.69 Å². The van der Waals surface area contributed by atoms with E-state index in [0.29, 0.717) is 0 Å². The summed E-state index contributed by atoms with van der Waals surface area (Å²) in [6, 6.07) is 12.2. The average Bonchev–Trinajstić information content (AvgIpc) is 3.04. The Labute approximate surface area is 103 Å². The van der Waals surface area contributed by atoms with Crippen LogP contribution in [0.15, 0.2) is 55.0 Å². The zero-order chi connectivity index (χ0) is 11.9. The van der Waals surface area contributed by atoms with Gasteiger partial charge in [0.25, 0.3) is 0 Å². The van der Waals surface area contributed by atoms with E-state index in [1.54, 1.807) is 0 Å². The van der Waals surface area contributed by atoms with Gasteiger partial charge in [0.1, 0.15) is 5.65 Å². The first-order chi connectivity index (χ1) is 8.92. The van der Waals surface area contributed by atoms with Crippen LogP contribution in [0, 0.1) is 0 Å². The molecule has 0 unspecified atom stereocenters. The van der Waals surface area contributed by atoms with Crippen LogP contribution in [0.5, 0.6) is 0 Å². The first kappa shape index (κ1) is 9.41. The van der Waals surface area contributed by atoms with Crippen LogP contribution in [0.1, 0.15) is 0 Å². The van der Waals surface area contributed by atoms with E-state index in [2.05, 4.69) is 33.3 Å². The topological polar surface area (TPSA) is 46.5 Å². The van der Waals surface area contributed by atoms with Gasteiger partial charge in [-0.3, -0.25) is 0 Å². The lowest BCUT2D eigenvalue weighted by Crippen LogP contribution is -1.96. The van der Waals surface area contributed by atoms with Crippen molar-refractivity contribution >= 4 is 21.9 Å². The van der Waals surface area contributed by atoms with Crippen molar-refractivity contribution in [3.63, 3.8) is 0 Å². The zero-order valence-electron chi connectivity index (χ0n) is 9.54. The molecule has 0 aliphatic heterocycles. The molecule has 4 rings (SSSR count). The van der Waals surface area contributed by atoms with E-state index in [1.807, 2.05) is 41.5 Å². The maximum Gasteiger partial charge on any atom is 0.137 e. The zero-order valence-corrected chi connectivity index (χ0v) is 9.54. The molecule has 0 bridgehead atoms. The summed E-state index contributed by atoms with van der Waals surface area (Å²) in [5.74, 6) is 0. The highest BCUT2D eigenvalue weighted by Crippen LogP contribution is 2.19. The summed E-state index contributed by atoms with van der Waals surface area (Å²) in [6.45, 7) is 0. The number of nitrogens with one attached hydrogen (secondary N) is 1. The molecule has 86 valence electrons. The van der Waals surface area contributed by atoms with E-state index in [0.717, 1.165) is 27.6 Å². The molecule has 3 heterocycles. The van der Waals surface area contributed by atoms with Gasteiger partial charge in [0.15, 0.2) is 0 Å². The van der Waals surface area contributed by atoms with Crippen LogP contribution in [-0.4, -0.2) is 19.7 Å². The van der Waals surface area contributed by atoms with Crippen LogP contribution >= 0.6 is 0 Å². The van der Waals surface area contributed by atoms with E-state index in [-0.39, 0.29) is 0 Å². The van der Waals surface area contributed by atoms with E-state index in [1.165, 1.54) is 0 Å². The fraction of sp³-hybridized carbons (Fsp3) is 0. The lowest BCUT2D eigenvalue weighted by Gasteiger charge is -2.02. The Morgan fingerprint density at radius 3 is 2.94 bits per heavy atom. The molecule has 3 aromatic heterocycles. The molecule has 1 N–H and O–H groups in total. The van der Waals surface area contributed by atoms with Crippen LogP contribution in [0.3, 0.4) is 0 Å². The Hall–Kier alpha value is -2.62. The second-order valence-corrected chi connectivity index (χ2v) is 4.22. The number of pyridine rings is 1. The highest BCUT2D eigenvalue weighted by Gasteiger charge is 2.05. The molecule has 0 saturated heterocycles. The minimum Gasteiger partial charge on any atom is -0.346 e. The van der Waals surface area contributed by atoms with E-state index in [4.69, 9.17) is 0 Å². The van der Waals surface area contributed by atoms with Gasteiger partial charge in [0.2, 0.25) is 0 Å². The van der Waals surface area contributed by atoms with Gasteiger partial charge in [-0.15, -0.1) is 0 Å². The largest absolute Gasteiger partial charge is 0.346 e. The molecule has 0 radical (unpaired) electrons. The minimum atomic E-state index is 0.898. The van der Waals surface area contributed by atoms with Crippen LogP contribution < -0.4 is 0 Å². The van der Waals surface area contributed by atoms with Crippen molar-refractivity contribution in [1.29, 1.82) is 0 Å². The summed E-state index contributed by atoms with van der Waals surface area (Å²) in [6.07, 6.45) is 5.59. The molecule has 4 heteroatoms. The minimum absolute atomic E-state index is 0.898. The van der Waals surface area contributed by atoms with Gasteiger partial charge < -0.3 is 4.98 Å². The van der Waals surface area contributed by atoms with Crippen LogP contribution in [0.4, 0.5) is 0 Å². The lowest BCUT2D eigenvalue weighted by molar-refractivity contribution is 0.906. The van der Waals surface area contributed by atoms with Crippen molar-refractivity contribution in [1.82, 2.24) is 19.7 Å². The Kier molecular flexibility index (Phi) is 1.80. The third kappa shape index (κ3) is 1.26. The van der Waals surface area contributed by atoms with Crippen LogP contribution in [0.2, 0.25) is 0 Å². The lowest BCUT2D eigenvalue weighted by atomic mass is 10.2. The third-order valence-electron chi connectivity index (χ3n) is 3.11. The molecule has 4 nitrogen and oxygen atoms in total. The maximum absolute atomic E-state index is 4.42. The summed E-state index contributed by atoms with van der Waals surface area (Å²) < 4.78 is 1.91. The number of fused-ring (bicyclic) bond motifs is 2. The number of H-pyrrole nitrogens is 1. The van der Waals surface area contributed by atoms with Gasteiger partial charge in [-0.1, -0.05) is 18.2 Å². The van der Waals surface area contributed by atoms with Crippen LogP contribution in [0.25, 0.3) is 27.6 Å². The van der Waals surface area contributed by atoms with Crippen molar-refractivity contribution in [2.24, 2.45) is 0 Å². The Balaban J connectivity index is 2.00. The molecule has 4 aromatic rings. The van der Waals surface area contributed by atoms with Crippen molar-refractivity contribution < 1.29 is 0 Å². The molecule has 0 atom stereocenters. The first-order valence-corrected chi connectivity index (χ1v) is 5.78. The fourth-order valence-corrected chi connectivity index (χ4v) is 2.22. The first-order valence-electron chi connectivity index (χ1n) is 5.78. The van der Waals surface area contributed by atoms with Gasteiger partial charge in [0, 0.05) is 17.0 Å². The smallest absolute Gasteiger partial charge is 0.137 e. The van der Waals surface area contributed by atoms with E-state index in [9.17, 15) is 0 Å². The van der Waals surface area contributed by atoms with Crippen molar-refractivity contribution in [3.05, 3.63) is 55.0 Å². The summed E-state index contributed by atoms with van der Waals surface area (Å²) >= 11 is 0. The fourth-order valence-electron chi connectivity index (χ4n) is 2.22. The molecule has 1 aromatic carbocycles. The van der Waals surface area contributed by atoms with Gasteiger partial charge in [0.05, 0.1) is 23.6 Å². The molecular formula is C14H10N4. The second-order valence-electron chi connectivity index (χ2n) is 4.22. The third-order valence-corrected chi connectivity index (χ3v) is 3.11. The SMILES string of the molecule is c1ccc2c(c1)cnn2-c1cnc2[nH]ccc2c1. The monoisotopic (exact) mass is 234 g/mol. The molecule has 0 saturated carbocycles. The predicted octanol–water partition coefficient (Wildman–Crippen LogP) is 2.90. The van der Waals surface area contributed by atoms with Gasteiger partial charge in [-0.25, -0.2) is 9.67 Å². The van der Waals surface area contributed by atoms with Gasteiger partial charge in [-0.2, -0.15) is 5.10 Å². The predicted molar refractivity (Wildman–Crippen MR) is 70.7 cm³/mol. The molecule has 0 aliphatic rings. The summed E-state index contributed by atoms with van der Waals surface area (Å²) in [5, 5.41) is 6.64. The normalized spacial score (nSPS) is 11.3. The molecule has 0 aliphatic carbocycles. The number of benzene rings is 1. The number of para-hydroxylation sites is 1. The summed E-state index contributed by atoms with van der Waals surface area (Å²) in [5.41, 5.74) is 2.97. The second kappa shape index (κ2) is 3.43. The van der Waals surface area contributed by atoms with Gasteiger partial charge in [-0.05, 0) is 18.2 Å². The Bertz CT molecular complexity index is 841. The highest BCUT2D eigenvalue weighted by molar-refractivity contribution is 5.82. The maximum atomic E-state index is 4.42. The quantitative estimate of drug-likeness (QED) is 0.550. The number of hydrogen-bond donors (Lipinski definition) is 1. The number of nitrogens with zero attached hydrogens (tertiary/aromatic N) is 3. The van der Waals surface area contributed by atoms with Crippen LogP contribution in [-0.2, 0) is 0 Å². The van der Waals surface area contributed by atoms with Crippen molar-refractivity contribution in [2.45, 2.75) is 0 Å². The molecular weight excluding hydrogens is 224 g/mol. The Morgan fingerprint density at radius 2 is 1.94 bits per heavy atom. The number of rotatable bonds is 1. The number of aromatic amines is 1. The Morgan fingerprint density at radius 1 is 1.00 bits per heavy atom. The number of hydrogen-bond acceptors (Lipinski definition) is 2. The summed E-state index contributed by atoms with van der Waals surface area (Å²) in [7, 11) is 0. The van der Waals surface area contributed by atoms with E-state index >= 15 is 0 Å². The number of aromatic nitrogens is 4. The molecule has 18 heavy (non-hydrogen) atoms. The van der Waals surface area contributed by atoms with E-state index < -0.39 is 0 Å². The average molecular weight is 234 g/mol. The highest BCUT2D eigenvalue weighted by atomic mass is 15.3. The molecule has 0 fully saturated rings. The standard InChI is InChI=1S/C14H10N4/c1-2-4-13-11(3-1)8-17-18(13)12-7-10-5-6-15-14(10)16-9-12/h1-9H,(H,15,16). The molecule has 0 spiro atoms. The summed E-state index contributed by atoms with van der Waals surface area (Å²) in [4.78, 5) is 7.48. The van der Waals surface area contributed by atoms with Gasteiger partial charge >= 0.3 is 0 Å².